The summed E-state index contributed by atoms with van der Waals surface area (Å²) in [7, 11) is 0. The molecule has 1 radical (unpaired) electrons. The number of hydrogen-bond acceptors (Lipinski definition) is 6. The normalized spacial score (nSPS) is 11.1. The molecule has 16 heavy (non-hydrogen) atoms. The molecule has 0 aliphatic carbocycles. The Kier molecular flexibility index (Phi) is 1.95. The van der Waals surface area contributed by atoms with Crippen LogP contribution in [-0.4, -0.2) is 52.9 Å². The molecule has 9 nitrogen and oxygen atoms in total. The monoisotopic (exact) mass is 215 g/mol. The first kappa shape index (κ1) is 8.77. The van der Waals surface area contributed by atoms with Gasteiger partial charge in [-0.05, 0) is 0 Å². The molecule has 0 saturated carbocycles. The molecule has 0 saturated heterocycles. The highest BCUT2D eigenvalue weighted by Gasteiger charge is 2.12. The van der Waals surface area contributed by atoms with Crippen molar-refractivity contribution >= 4 is 23.5 Å². The fraction of sp³-hybridized carbons (Fsp3) is 0. The molecule has 0 atom stereocenters. The van der Waals surface area contributed by atoms with Gasteiger partial charge in [0.05, 0.1) is 0 Å². The number of nitrogens with one attached hydrogen (secondary N) is 3. The zero-order valence-corrected chi connectivity index (χ0v) is 7.99. The summed E-state index contributed by atoms with van der Waals surface area (Å²) in [4.78, 5) is 0. The first-order valence-electron chi connectivity index (χ1n) is 4.52. The van der Waals surface area contributed by atoms with Crippen molar-refractivity contribution in [3.8, 4) is 0 Å². The van der Waals surface area contributed by atoms with Crippen LogP contribution in [0.15, 0.2) is 18.6 Å². The van der Waals surface area contributed by atoms with Gasteiger partial charge in [-0.25, -0.2) is 30.9 Å². The molecule has 3 N–H and O–H groups in total. The Morgan fingerprint density at radius 1 is 0.688 bits per heavy atom. The van der Waals surface area contributed by atoms with Crippen LogP contribution in [0.2, 0.25) is 0 Å². The summed E-state index contributed by atoms with van der Waals surface area (Å²) in [5.74, 6) is 0. The second-order valence-corrected chi connectivity index (χ2v) is 3.12. The molecule has 0 aliphatic rings. The molecule has 0 unspecified atom stereocenters. The van der Waals surface area contributed by atoms with E-state index < -0.39 is 0 Å². The molecule has 0 aliphatic heterocycles. The predicted octanol–water partition coefficient (Wildman–Crippen LogP) is -3.44. The van der Waals surface area contributed by atoms with Crippen LogP contribution in [0.25, 0.3) is 0 Å². The molecule has 10 heteroatoms. The van der Waals surface area contributed by atoms with E-state index in [9.17, 15) is 0 Å². The Labute approximate surface area is 89.1 Å². The first-order chi connectivity index (χ1) is 7.95. The van der Waals surface area contributed by atoms with Crippen LogP contribution >= 0.6 is 0 Å². The molecule has 0 spiro atoms. The highest BCUT2D eigenvalue weighted by atomic mass is 15.3. The third-order valence-corrected chi connectivity index (χ3v) is 2.19. The lowest BCUT2D eigenvalue weighted by atomic mass is 9.43. The van der Waals surface area contributed by atoms with Crippen molar-refractivity contribution in [2.24, 2.45) is 0 Å². The maximum Gasteiger partial charge on any atom is 0.0491 e. The standard InChI is InChI=1S/C6H6BN9/c1-4(11-14-8-1)7(5-2-9-15-12-5)6-3-10-16-13-6/h1-3H,(H,8,11,14)(H,9,12,15)(H,10,13,16)/q-1. The Morgan fingerprint density at radius 3 is 1.31 bits per heavy atom. The highest BCUT2D eigenvalue weighted by molar-refractivity contribution is 6.93. The summed E-state index contributed by atoms with van der Waals surface area (Å²) in [5.41, 5.74) is 2.13. The molecule has 3 aromatic heterocycles. The van der Waals surface area contributed by atoms with E-state index in [1.165, 1.54) is 0 Å². The second kappa shape index (κ2) is 3.57. The van der Waals surface area contributed by atoms with Crippen molar-refractivity contribution in [1.29, 1.82) is 0 Å². The van der Waals surface area contributed by atoms with E-state index in [0.29, 0.717) is 16.8 Å². The molecule has 3 aromatic rings. The number of H-pyrrole nitrogens is 3. The summed E-state index contributed by atoms with van der Waals surface area (Å²) in [6.07, 6.45) is 4.86. The summed E-state index contributed by atoms with van der Waals surface area (Å²) in [6.45, 7) is -0.226. The van der Waals surface area contributed by atoms with Crippen LogP contribution in [0.1, 0.15) is 0 Å². The van der Waals surface area contributed by atoms with E-state index in [1.54, 1.807) is 18.6 Å². The van der Waals surface area contributed by atoms with Gasteiger partial charge in [-0.3, -0.25) is 0 Å². The van der Waals surface area contributed by atoms with Crippen molar-refractivity contribution in [2.75, 3.05) is 0 Å². The van der Waals surface area contributed by atoms with Crippen molar-refractivity contribution in [3.05, 3.63) is 18.6 Å². The maximum atomic E-state index is 4.03. The smallest absolute Gasteiger partial charge is 0.0491 e. The molecule has 3 rings (SSSR count). The summed E-state index contributed by atoms with van der Waals surface area (Å²) >= 11 is 0. The molecule has 0 fully saturated rings. The van der Waals surface area contributed by atoms with Gasteiger partial charge in [0.15, 0.2) is 0 Å². The van der Waals surface area contributed by atoms with Gasteiger partial charge in [-0.2, -0.15) is 15.3 Å². The van der Waals surface area contributed by atoms with E-state index in [0.717, 1.165) is 0 Å². The molecule has 0 bridgehead atoms. The number of aromatic amines is 3. The van der Waals surface area contributed by atoms with Crippen LogP contribution < -0.4 is 16.8 Å². The third-order valence-electron chi connectivity index (χ3n) is 2.19. The Bertz CT molecular complexity index is 445. The van der Waals surface area contributed by atoms with E-state index in [4.69, 9.17) is 0 Å². The average molecular weight is 215 g/mol. The van der Waals surface area contributed by atoms with Gasteiger partial charge < -0.3 is 0 Å². The number of nitrogens with zero attached hydrogens (tertiary/aromatic N) is 6. The molecule has 3 heterocycles. The Morgan fingerprint density at radius 2 is 1.06 bits per heavy atom. The quantitative estimate of drug-likeness (QED) is 0.390. The number of hydrogen-bond donors (Lipinski definition) is 3. The van der Waals surface area contributed by atoms with Gasteiger partial charge in [0.25, 0.3) is 0 Å². The van der Waals surface area contributed by atoms with Gasteiger partial charge in [0.1, 0.15) is 0 Å². The minimum atomic E-state index is -0.226. The van der Waals surface area contributed by atoms with Crippen molar-refractivity contribution in [1.82, 2.24) is 46.2 Å². The van der Waals surface area contributed by atoms with Crippen LogP contribution in [0.3, 0.4) is 0 Å². The zero-order valence-electron chi connectivity index (χ0n) is 7.99. The molecule has 0 amide bonds. The predicted molar refractivity (Wildman–Crippen MR) is 53.8 cm³/mol. The fourth-order valence-corrected chi connectivity index (χ4v) is 1.50. The van der Waals surface area contributed by atoms with Crippen molar-refractivity contribution < 1.29 is 0 Å². The molecule has 0 aromatic carbocycles. The Hall–Kier alpha value is -2.52. The van der Waals surface area contributed by atoms with Gasteiger partial charge >= 0.3 is 0 Å². The van der Waals surface area contributed by atoms with Gasteiger partial charge in [-0.15, -0.1) is 16.8 Å². The SMILES string of the molecule is c1n[nH]nc1[B-](c1cn[nH]n1)c1cn[nH]n1. The van der Waals surface area contributed by atoms with Gasteiger partial charge in [0, 0.05) is 25.3 Å². The van der Waals surface area contributed by atoms with Gasteiger partial charge in [-0.1, -0.05) is 0 Å². The van der Waals surface area contributed by atoms with Crippen molar-refractivity contribution in [2.45, 2.75) is 0 Å². The number of rotatable bonds is 3. The zero-order chi connectivity index (χ0) is 10.8. The van der Waals surface area contributed by atoms with Crippen LogP contribution in [0.5, 0.6) is 0 Å². The van der Waals surface area contributed by atoms with Crippen LogP contribution in [-0.2, 0) is 0 Å². The average Bonchev–Trinajstić information content (AvgIpc) is 3.02. The lowest BCUT2D eigenvalue weighted by molar-refractivity contribution is 0.941. The van der Waals surface area contributed by atoms with E-state index >= 15 is 0 Å². The summed E-state index contributed by atoms with van der Waals surface area (Å²) < 4.78 is 0. The molecular weight excluding hydrogens is 209 g/mol. The number of aromatic nitrogens is 9. The van der Waals surface area contributed by atoms with E-state index in [-0.39, 0.29) is 6.71 Å². The van der Waals surface area contributed by atoms with Gasteiger partial charge in [0.2, 0.25) is 0 Å². The first-order valence-corrected chi connectivity index (χ1v) is 4.52. The van der Waals surface area contributed by atoms with E-state index in [2.05, 4.69) is 46.2 Å². The fourth-order valence-electron chi connectivity index (χ4n) is 1.50. The lowest BCUT2D eigenvalue weighted by Crippen LogP contribution is -2.54. The van der Waals surface area contributed by atoms with Crippen LogP contribution in [0, 0.1) is 0 Å². The minimum absolute atomic E-state index is 0.226. The topological polar surface area (TPSA) is 125 Å². The summed E-state index contributed by atoms with van der Waals surface area (Å²) in [5, 5.41) is 31.1. The Balaban J connectivity index is 2.09. The largest absolute Gasteiger partial charge is 0.207 e. The molecule has 79 valence electrons. The maximum absolute atomic E-state index is 4.03. The summed E-state index contributed by atoms with van der Waals surface area (Å²) in [6, 6.07) is 0. The minimum Gasteiger partial charge on any atom is -0.207 e. The van der Waals surface area contributed by atoms with E-state index in [1.807, 2.05) is 0 Å². The second-order valence-electron chi connectivity index (χ2n) is 3.12. The van der Waals surface area contributed by atoms with Crippen molar-refractivity contribution in [3.63, 3.8) is 0 Å². The lowest BCUT2D eigenvalue weighted by Gasteiger charge is -2.17. The van der Waals surface area contributed by atoms with Crippen LogP contribution in [0.4, 0.5) is 0 Å². The third kappa shape index (κ3) is 1.36. The highest BCUT2D eigenvalue weighted by Crippen LogP contribution is 1.82. The molecular formula is C6H6BN9-.